The highest BCUT2D eigenvalue weighted by molar-refractivity contribution is 5.76. The van der Waals surface area contributed by atoms with Crippen molar-refractivity contribution in [1.82, 2.24) is 0 Å². The highest BCUT2D eigenvalue weighted by atomic mass is 19.4. The smallest absolute Gasteiger partial charge is 0.417 e. The minimum Gasteiger partial charge on any atom is -0.497 e. The van der Waals surface area contributed by atoms with Gasteiger partial charge < -0.3 is 9.47 Å². The van der Waals surface area contributed by atoms with Crippen molar-refractivity contribution in [2.75, 3.05) is 13.7 Å². The Bertz CT molecular complexity index is 738. The van der Waals surface area contributed by atoms with Crippen molar-refractivity contribution in [1.29, 1.82) is 0 Å². The first-order valence-corrected chi connectivity index (χ1v) is 7.11. The molecule has 0 amide bonds. The van der Waals surface area contributed by atoms with Crippen molar-refractivity contribution < 1.29 is 27.0 Å². The van der Waals surface area contributed by atoms with Gasteiger partial charge in [0, 0.05) is 5.56 Å². The van der Waals surface area contributed by atoms with E-state index in [1.807, 2.05) is 0 Å². The van der Waals surface area contributed by atoms with Gasteiger partial charge in [0.2, 0.25) is 0 Å². The van der Waals surface area contributed by atoms with Crippen LogP contribution in [-0.2, 0) is 12.6 Å². The van der Waals surface area contributed by atoms with Gasteiger partial charge in [-0.25, -0.2) is 4.39 Å². The monoisotopic (exact) mass is 326 g/mol. The summed E-state index contributed by atoms with van der Waals surface area (Å²) in [6.45, 7) is 0.406. The molecule has 23 heavy (non-hydrogen) atoms. The van der Waals surface area contributed by atoms with E-state index in [-0.39, 0.29) is 16.9 Å². The summed E-state index contributed by atoms with van der Waals surface area (Å²) in [5.41, 5.74) is -0.278. The molecule has 0 saturated heterocycles. The number of ether oxygens (including phenoxy) is 2. The van der Waals surface area contributed by atoms with E-state index in [1.165, 1.54) is 25.3 Å². The van der Waals surface area contributed by atoms with Crippen LogP contribution in [-0.4, -0.2) is 13.7 Å². The van der Waals surface area contributed by atoms with Gasteiger partial charge in [-0.05, 0) is 54.3 Å². The Morgan fingerprint density at radius 1 is 1.09 bits per heavy atom. The molecule has 0 aromatic heterocycles. The summed E-state index contributed by atoms with van der Waals surface area (Å²) >= 11 is 0. The molecule has 2 nitrogen and oxygen atoms in total. The fourth-order valence-corrected chi connectivity index (χ4v) is 2.76. The second-order valence-electron chi connectivity index (χ2n) is 5.30. The summed E-state index contributed by atoms with van der Waals surface area (Å²) in [7, 11) is 1.29. The normalized spacial score (nSPS) is 14.1. The first kappa shape index (κ1) is 15.6. The number of fused-ring (bicyclic) bond motifs is 1. The summed E-state index contributed by atoms with van der Waals surface area (Å²) in [5, 5.41) is 0. The van der Waals surface area contributed by atoms with Gasteiger partial charge in [-0.3, -0.25) is 0 Å². The summed E-state index contributed by atoms with van der Waals surface area (Å²) in [4.78, 5) is 0. The van der Waals surface area contributed by atoms with E-state index in [0.29, 0.717) is 30.8 Å². The molecule has 3 rings (SSSR count). The zero-order chi connectivity index (χ0) is 16.6. The summed E-state index contributed by atoms with van der Waals surface area (Å²) < 4.78 is 64.4. The highest BCUT2D eigenvalue weighted by Crippen LogP contribution is 2.44. The van der Waals surface area contributed by atoms with E-state index in [9.17, 15) is 17.6 Å². The number of hydrogen-bond donors (Lipinski definition) is 0. The van der Waals surface area contributed by atoms with Crippen LogP contribution in [0.25, 0.3) is 11.1 Å². The number of aryl methyl sites for hydroxylation is 1. The molecule has 0 unspecified atom stereocenters. The number of alkyl halides is 3. The first-order chi connectivity index (χ1) is 10.9. The van der Waals surface area contributed by atoms with Crippen LogP contribution in [0.5, 0.6) is 11.5 Å². The van der Waals surface area contributed by atoms with Crippen LogP contribution in [0, 0.1) is 5.82 Å². The molecule has 2 aromatic carbocycles. The second kappa shape index (κ2) is 5.76. The molecule has 0 atom stereocenters. The molecule has 0 fully saturated rings. The van der Waals surface area contributed by atoms with Crippen molar-refractivity contribution in [3.05, 3.63) is 47.3 Å². The lowest BCUT2D eigenvalue weighted by Crippen LogP contribution is -2.12. The van der Waals surface area contributed by atoms with Gasteiger partial charge in [-0.1, -0.05) is 0 Å². The minimum absolute atomic E-state index is 0.0901. The van der Waals surface area contributed by atoms with Crippen LogP contribution < -0.4 is 9.47 Å². The van der Waals surface area contributed by atoms with E-state index in [2.05, 4.69) is 0 Å². The SMILES string of the molecule is COc1ccc(-c2cc(F)cc3c2OCCC3)c(C(F)(F)F)c1. The van der Waals surface area contributed by atoms with E-state index in [0.717, 1.165) is 12.1 Å². The van der Waals surface area contributed by atoms with Gasteiger partial charge in [-0.15, -0.1) is 0 Å². The Morgan fingerprint density at radius 2 is 1.87 bits per heavy atom. The van der Waals surface area contributed by atoms with Crippen LogP contribution in [0.15, 0.2) is 30.3 Å². The highest BCUT2D eigenvalue weighted by Gasteiger charge is 2.35. The van der Waals surface area contributed by atoms with Crippen molar-refractivity contribution in [2.45, 2.75) is 19.0 Å². The fourth-order valence-electron chi connectivity index (χ4n) is 2.76. The van der Waals surface area contributed by atoms with Gasteiger partial charge in [0.25, 0.3) is 0 Å². The minimum atomic E-state index is -4.59. The van der Waals surface area contributed by atoms with Crippen LogP contribution in [0.1, 0.15) is 17.5 Å². The van der Waals surface area contributed by atoms with Gasteiger partial charge in [0.1, 0.15) is 17.3 Å². The van der Waals surface area contributed by atoms with Gasteiger partial charge in [0.15, 0.2) is 0 Å². The van der Waals surface area contributed by atoms with Crippen LogP contribution in [0.4, 0.5) is 17.6 Å². The average molecular weight is 326 g/mol. The van der Waals surface area contributed by atoms with Gasteiger partial charge in [0.05, 0.1) is 19.3 Å². The van der Waals surface area contributed by atoms with Crippen LogP contribution in [0.3, 0.4) is 0 Å². The number of rotatable bonds is 2. The summed E-state index contributed by atoms with van der Waals surface area (Å²) in [6, 6.07) is 6.02. The summed E-state index contributed by atoms with van der Waals surface area (Å²) in [5.74, 6) is -0.159. The lowest BCUT2D eigenvalue weighted by atomic mass is 9.94. The molecule has 2 aromatic rings. The van der Waals surface area contributed by atoms with E-state index < -0.39 is 17.6 Å². The standard InChI is InChI=1S/C17H14F4O2/c1-22-12-4-5-13(15(9-12)17(19,20)21)14-8-11(18)7-10-3-2-6-23-16(10)14/h4-5,7-9H,2-3,6H2,1H3. The molecule has 1 aliphatic rings. The van der Waals surface area contributed by atoms with Gasteiger partial charge >= 0.3 is 6.18 Å². The Hall–Kier alpha value is -2.24. The zero-order valence-corrected chi connectivity index (χ0v) is 12.3. The van der Waals surface area contributed by atoms with E-state index in [4.69, 9.17) is 9.47 Å². The Labute approximate surface area is 130 Å². The quantitative estimate of drug-likeness (QED) is 0.735. The maximum absolute atomic E-state index is 13.9. The largest absolute Gasteiger partial charge is 0.497 e. The molecule has 0 bridgehead atoms. The van der Waals surface area contributed by atoms with E-state index >= 15 is 0 Å². The molecule has 0 aliphatic carbocycles. The van der Waals surface area contributed by atoms with Crippen molar-refractivity contribution in [3.8, 4) is 22.6 Å². The molecule has 0 spiro atoms. The van der Waals surface area contributed by atoms with Crippen molar-refractivity contribution in [2.24, 2.45) is 0 Å². The predicted molar refractivity (Wildman–Crippen MR) is 77.2 cm³/mol. The number of benzene rings is 2. The number of methoxy groups -OCH3 is 1. The maximum Gasteiger partial charge on any atom is 0.417 e. The lowest BCUT2D eigenvalue weighted by molar-refractivity contribution is -0.137. The molecular weight excluding hydrogens is 312 g/mol. The molecule has 1 aliphatic heterocycles. The Morgan fingerprint density at radius 3 is 2.57 bits per heavy atom. The fraction of sp³-hybridized carbons (Fsp3) is 0.294. The van der Waals surface area contributed by atoms with Crippen LogP contribution in [0.2, 0.25) is 0 Å². The maximum atomic E-state index is 13.9. The van der Waals surface area contributed by atoms with Gasteiger partial charge in [-0.2, -0.15) is 13.2 Å². The average Bonchev–Trinajstić information content (AvgIpc) is 2.52. The zero-order valence-electron chi connectivity index (χ0n) is 12.3. The third kappa shape index (κ3) is 2.98. The Kier molecular flexibility index (Phi) is 3.92. The first-order valence-electron chi connectivity index (χ1n) is 7.11. The number of hydrogen-bond acceptors (Lipinski definition) is 2. The lowest BCUT2D eigenvalue weighted by Gasteiger charge is -2.22. The molecule has 0 saturated carbocycles. The summed E-state index contributed by atoms with van der Waals surface area (Å²) in [6.07, 6.45) is -3.29. The second-order valence-corrected chi connectivity index (χ2v) is 5.30. The van der Waals surface area contributed by atoms with Crippen molar-refractivity contribution >= 4 is 0 Å². The molecule has 1 heterocycles. The molecule has 122 valence electrons. The third-order valence-corrected chi connectivity index (χ3v) is 3.79. The molecule has 0 radical (unpaired) electrons. The Balaban J connectivity index is 2.25. The topological polar surface area (TPSA) is 18.5 Å². The predicted octanol–water partition coefficient (Wildman–Crippen LogP) is 4.85. The van der Waals surface area contributed by atoms with Crippen LogP contribution >= 0.6 is 0 Å². The van der Waals surface area contributed by atoms with E-state index in [1.54, 1.807) is 0 Å². The molecular formula is C17H14F4O2. The number of halogens is 4. The van der Waals surface area contributed by atoms with Crippen molar-refractivity contribution in [3.63, 3.8) is 0 Å². The third-order valence-electron chi connectivity index (χ3n) is 3.79. The molecule has 0 N–H and O–H groups in total. The molecule has 6 heteroatoms.